The van der Waals surface area contributed by atoms with Gasteiger partial charge in [-0.25, -0.2) is 8.42 Å². The number of fused-ring (bicyclic) bond motifs is 1. The Morgan fingerprint density at radius 3 is 2.59 bits per heavy atom. The van der Waals surface area contributed by atoms with Crippen molar-refractivity contribution in [2.45, 2.75) is 30.8 Å². The maximum absolute atomic E-state index is 12.6. The summed E-state index contributed by atoms with van der Waals surface area (Å²) < 4.78 is 26.5. The quantitative estimate of drug-likeness (QED) is 0.589. The predicted molar refractivity (Wildman–Crippen MR) is 122 cm³/mol. The van der Waals surface area contributed by atoms with Gasteiger partial charge in [-0.15, -0.1) is 0 Å². The number of benzene rings is 2. The highest BCUT2D eigenvalue weighted by Crippen LogP contribution is 2.27. The number of nitrogens with zero attached hydrogens (tertiary/aromatic N) is 3. The lowest BCUT2D eigenvalue weighted by atomic mass is 10.1. The van der Waals surface area contributed by atoms with Gasteiger partial charge >= 0.3 is 0 Å². The standard InChI is InChI=1S/C22H23ClN4O4S/c1-32(30,31)20-12-17(24-21(29)11-15-4-2-3-5-19(15)23)10-16-13-27(25-22(16)20)14-26-8-6-18(28)7-9-26/h2-5,10,12-13H,6-9,11,14H2,1H3,(H,24,29). The molecule has 1 fully saturated rings. The Morgan fingerprint density at radius 2 is 1.91 bits per heavy atom. The van der Waals surface area contributed by atoms with Crippen LogP contribution in [0.1, 0.15) is 18.4 Å². The molecule has 0 saturated carbocycles. The Bertz CT molecular complexity index is 1290. The van der Waals surface area contributed by atoms with Crippen molar-refractivity contribution < 1.29 is 18.0 Å². The average Bonchev–Trinajstić information content (AvgIpc) is 3.12. The first-order valence-electron chi connectivity index (χ1n) is 10.2. The van der Waals surface area contributed by atoms with Gasteiger partial charge in [0.15, 0.2) is 9.84 Å². The number of amides is 1. The van der Waals surface area contributed by atoms with Gasteiger partial charge in [-0.1, -0.05) is 29.8 Å². The van der Waals surface area contributed by atoms with Gasteiger partial charge < -0.3 is 5.32 Å². The van der Waals surface area contributed by atoms with Crippen molar-refractivity contribution in [3.8, 4) is 0 Å². The summed E-state index contributed by atoms with van der Waals surface area (Å²) in [6, 6.07) is 10.2. The van der Waals surface area contributed by atoms with Gasteiger partial charge in [-0.05, 0) is 23.8 Å². The Labute approximate surface area is 191 Å². The number of sulfone groups is 1. The first-order valence-corrected chi connectivity index (χ1v) is 12.4. The highest BCUT2D eigenvalue weighted by molar-refractivity contribution is 7.91. The predicted octanol–water partition coefficient (Wildman–Crippen LogP) is 2.90. The number of anilines is 1. The van der Waals surface area contributed by atoms with E-state index in [2.05, 4.69) is 15.3 Å². The molecule has 2 aromatic carbocycles. The van der Waals surface area contributed by atoms with E-state index in [1.165, 1.54) is 6.07 Å². The second-order valence-electron chi connectivity index (χ2n) is 7.97. The summed E-state index contributed by atoms with van der Waals surface area (Å²) in [6.07, 6.45) is 3.96. The van der Waals surface area contributed by atoms with Crippen LogP contribution in [0, 0.1) is 0 Å². The summed E-state index contributed by atoms with van der Waals surface area (Å²) in [4.78, 5) is 26.2. The molecule has 1 aromatic heterocycles. The van der Waals surface area contributed by atoms with Crippen molar-refractivity contribution in [2.24, 2.45) is 0 Å². The molecule has 0 atom stereocenters. The number of Topliss-reactive ketones (excluding diaryl/α,β-unsaturated/α-hetero) is 1. The molecule has 32 heavy (non-hydrogen) atoms. The minimum absolute atomic E-state index is 0.0515. The number of rotatable bonds is 6. The number of carbonyl (C=O) groups excluding carboxylic acids is 2. The summed E-state index contributed by atoms with van der Waals surface area (Å²) >= 11 is 6.13. The lowest BCUT2D eigenvalue weighted by Gasteiger charge is -2.25. The molecular weight excluding hydrogens is 452 g/mol. The maximum atomic E-state index is 12.6. The first kappa shape index (κ1) is 22.4. The first-order chi connectivity index (χ1) is 15.2. The molecule has 8 nitrogen and oxygen atoms in total. The van der Waals surface area contributed by atoms with Gasteiger partial charge in [0.05, 0.1) is 18.0 Å². The van der Waals surface area contributed by atoms with Gasteiger partial charge in [0.1, 0.15) is 11.3 Å². The number of hydrogen-bond donors (Lipinski definition) is 1. The van der Waals surface area contributed by atoms with Gasteiger partial charge in [0, 0.05) is 54.5 Å². The van der Waals surface area contributed by atoms with Crippen LogP contribution in [-0.2, 0) is 32.5 Å². The molecular formula is C22H23ClN4O4S. The van der Waals surface area contributed by atoms with Crippen molar-refractivity contribution >= 4 is 49.7 Å². The molecule has 1 saturated heterocycles. The van der Waals surface area contributed by atoms with Crippen LogP contribution >= 0.6 is 11.6 Å². The highest BCUT2D eigenvalue weighted by atomic mass is 35.5. The topological polar surface area (TPSA) is 101 Å². The summed E-state index contributed by atoms with van der Waals surface area (Å²) in [6.45, 7) is 1.76. The van der Waals surface area contributed by atoms with Crippen LogP contribution in [0.25, 0.3) is 10.9 Å². The molecule has 10 heteroatoms. The van der Waals surface area contributed by atoms with Crippen LogP contribution in [0.15, 0.2) is 47.5 Å². The number of likely N-dealkylation sites (tertiary alicyclic amines) is 1. The Hall–Kier alpha value is -2.75. The number of piperidine rings is 1. The van der Waals surface area contributed by atoms with E-state index in [0.717, 1.165) is 6.26 Å². The minimum atomic E-state index is -3.59. The molecule has 0 unspecified atom stereocenters. The molecule has 0 radical (unpaired) electrons. The average molecular weight is 475 g/mol. The van der Waals surface area contributed by atoms with Crippen molar-refractivity contribution in [3.05, 3.63) is 53.2 Å². The summed E-state index contributed by atoms with van der Waals surface area (Å²) in [7, 11) is -3.59. The molecule has 2 heterocycles. The molecule has 1 aliphatic rings. The van der Waals surface area contributed by atoms with Crippen molar-refractivity contribution in [1.29, 1.82) is 0 Å². The molecule has 1 amide bonds. The van der Waals surface area contributed by atoms with Gasteiger partial charge in [0.25, 0.3) is 0 Å². The number of halogens is 1. The van der Waals surface area contributed by atoms with Crippen molar-refractivity contribution in [1.82, 2.24) is 14.7 Å². The fraction of sp³-hybridized carbons (Fsp3) is 0.318. The third-order valence-electron chi connectivity index (χ3n) is 5.37. The number of nitrogens with one attached hydrogen (secondary N) is 1. The number of aromatic nitrogens is 2. The van der Waals surface area contributed by atoms with E-state index in [1.54, 1.807) is 41.2 Å². The van der Waals surface area contributed by atoms with Gasteiger partial charge in [-0.3, -0.25) is 19.2 Å². The molecule has 1 aliphatic heterocycles. The second-order valence-corrected chi connectivity index (χ2v) is 10.4. The normalized spacial score (nSPS) is 15.2. The van der Waals surface area contributed by atoms with Crippen LogP contribution < -0.4 is 5.32 Å². The minimum Gasteiger partial charge on any atom is -0.326 e. The summed E-state index contributed by atoms with van der Waals surface area (Å²) in [5.41, 5.74) is 1.41. The van der Waals surface area contributed by atoms with Crippen LogP contribution in [-0.4, -0.2) is 54.1 Å². The fourth-order valence-corrected chi connectivity index (χ4v) is 4.80. The SMILES string of the molecule is CS(=O)(=O)c1cc(NC(=O)Cc2ccccc2Cl)cc2cn(CN3CCC(=O)CC3)nc12. The van der Waals surface area contributed by atoms with Crippen LogP contribution in [0.3, 0.4) is 0 Å². The van der Waals surface area contributed by atoms with E-state index in [9.17, 15) is 18.0 Å². The zero-order chi connectivity index (χ0) is 22.9. The maximum Gasteiger partial charge on any atom is 0.228 e. The number of carbonyl (C=O) groups is 2. The largest absolute Gasteiger partial charge is 0.326 e. The Balaban J connectivity index is 1.60. The van der Waals surface area contributed by atoms with E-state index in [0.29, 0.717) is 59.8 Å². The van der Waals surface area contributed by atoms with Crippen molar-refractivity contribution in [2.75, 3.05) is 24.7 Å². The van der Waals surface area contributed by atoms with E-state index in [4.69, 9.17) is 11.6 Å². The fourth-order valence-electron chi connectivity index (χ4n) is 3.75. The van der Waals surface area contributed by atoms with Crippen LogP contribution in [0.2, 0.25) is 5.02 Å². The Kier molecular flexibility index (Phi) is 6.32. The van der Waals surface area contributed by atoms with Crippen molar-refractivity contribution in [3.63, 3.8) is 0 Å². The number of ketones is 1. The zero-order valence-corrected chi connectivity index (χ0v) is 19.1. The van der Waals surface area contributed by atoms with E-state index >= 15 is 0 Å². The van der Waals surface area contributed by atoms with E-state index in [1.807, 2.05) is 0 Å². The molecule has 4 rings (SSSR count). The number of hydrogen-bond acceptors (Lipinski definition) is 6. The second kappa shape index (κ2) is 9.01. The summed E-state index contributed by atoms with van der Waals surface area (Å²) in [5, 5.41) is 8.34. The third kappa shape index (κ3) is 5.17. The summed E-state index contributed by atoms with van der Waals surface area (Å²) in [5.74, 6) is -0.0503. The molecule has 1 N–H and O–H groups in total. The van der Waals surface area contributed by atoms with E-state index in [-0.39, 0.29) is 23.0 Å². The van der Waals surface area contributed by atoms with Crippen LogP contribution in [0.4, 0.5) is 5.69 Å². The Morgan fingerprint density at radius 1 is 1.19 bits per heavy atom. The smallest absolute Gasteiger partial charge is 0.228 e. The lowest BCUT2D eigenvalue weighted by Crippen LogP contribution is -2.35. The van der Waals surface area contributed by atoms with Gasteiger partial charge in [0.2, 0.25) is 5.91 Å². The third-order valence-corrected chi connectivity index (χ3v) is 6.85. The monoisotopic (exact) mass is 474 g/mol. The molecule has 0 spiro atoms. The molecule has 0 aliphatic carbocycles. The molecule has 0 bridgehead atoms. The molecule has 3 aromatic rings. The van der Waals surface area contributed by atoms with E-state index < -0.39 is 9.84 Å². The zero-order valence-electron chi connectivity index (χ0n) is 17.5. The highest BCUT2D eigenvalue weighted by Gasteiger charge is 2.20. The van der Waals surface area contributed by atoms with Crippen LogP contribution in [0.5, 0.6) is 0 Å². The lowest BCUT2D eigenvalue weighted by molar-refractivity contribution is -0.121. The molecule has 168 valence electrons. The van der Waals surface area contributed by atoms with Gasteiger partial charge in [-0.2, -0.15) is 5.10 Å².